The van der Waals surface area contributed by atoms with Gasteiger partial charge in [0.15, 0.2) is 0 Å². The van der Waals surface area contributed by atoms with Crippen LogP contribution in [-0.2, 0) is 0 Å². The highest BCUT2D eigenvalue weighted by molar-refractivity contribution is 9.10. The average Bonchev–Trinajstić information content (AvgIpc) is 2.43. The average molecular weight is 345 g/mol. The lowest BCUT2D eigenvalue weighted by Crippen LogP contribution is -2.41. The fourth-order valence-electron chi connectivity index (χ4n) is 1.57. The molecule has 6 heteroatoms. The maximum atomic E-state index is 11.4. The van der Waals surface area contributed by atoms with Crippen LogP contribution in [0.25, 0.3) is 0 Å². The summed E-state index contributed by atoms with van der Waals surface area (Å²) < 4.78 is 6.46. The van der Waals surface area contributed by atoms with Crippen LogP contribution in [0.1, 0.15) is 19.8 Å². The topological polar surface area (TPSA) is 70.6 Å². The SMILES string of the molecule is CCCC(O)CNC(=O)NCCOc1ccc(Br)cc1. The summed E-state index contributed by atoms with van der Waals surface area (Å²) in [5.74, 6) is 0.758. The maximum absolute atomic E-state index is 11.4. The highest BCUT2D eigenvalue weighted by atomic mass is 79.9. The fraction of sp³-hybridized carbons (Fsp3) is 0.500. The number of ether oxygens (including phenoxy) is 1. The third kappa shape index (κ3) is 7.35. The van der Waals surface area contributed by atoms with Crippen LogP contribution < -0.4 is 15.4 Å². The molecule has 1 aromatic rings. The molecule has 0 saturated carbocycles. The zero-order valence-corrected chi connectivity index (χ0v) is 13.1. The standard InChI is InChI=1S/C14H21BrN2O3/c1-2-3-12(18)10-17-14(19)16-8-9-20-13-6-4-11(15)5-7-13/h4-7,12,18H,2-3,8-10H2,1H3,(H2,16,17,19). The molecule has 1 rings (SSSR count). The van der Waals surface area contributed by atoms with E-state index in [4.69, 9.17) is 4.74 Å². The zero-order valence-electron chi connectivity index (χ0n) is 11.6. The van der Waals surface area contributed by atoms with Gasteiger partial charge in [-0.1, -0.05) is 29.3 Å². The highest BCUT2D eigenvalue weighted by Gasteiger charge is 2.05. The number of hydrogen-bond acceptors (Lipinski definition) is 3. The number of benzene rings is 1. The van der Waals surface area contributed by atoms with Crippen molar-refractivity contribution in [2.75, 3.05) is 19.7 Å². The largest absolute Gasteiger partial charge is 0.492 e. The van der Waals surface area contributed by atoms with E-state index in [-0.39, 0.29) is 12.6 Å². The van der Waals surface area contributed by atoms with Crippen molar-refractivity contribution in [2.24, 2.45) is 0 Å². The molecule has 2 amide bonds. The van der Waals surface area contributed by atoms with Gasteiger partial charge in [-0.15, -0.1) is 0 Å². The minimum Gasteiger partial charge on any atom is -0.492 e. The third-order valence-electron chi connectivity index (χ3n) is 2.59. The van der Waals surface area contributed by atoms with Gasteiger partial charge >= 0.3 is 6.03 Å². The normalized spacial score (nSPS) is 11.8. The second-order valence-corrected chi connectivity index (χ2v) is 5.30. The van der Waals surface area contributed by atoms with Crippen molar-refractivity contribution in [3.8, 4) is 5.75 Å². The van der Waals surface area contributed by atoms with Crippen LogP contribution in [-0.4, -0.2) is 36.9 Å². The summed E-state index contributed by atoms with van der Waals surface area (Å²) in [5, 5.41) is 14.7. The predicted molar refractivity (Wildman–Crippen MR) is 82.0 cm³/mol. The molecule has 0 saturated heterocycles. The van der Waals surface area contributed by atoms with Crippen LogP contribution in [0.3, 0.4) is 0 Å². The molecule has 1 aromatic carbocycles. The summed E-state index contributed by atoms with van der Waals surface area (Å²) in [6.07, 6.45) is 1.10. The van der Waals surface area contributed by atoms with E-state index in [9.17, 15) is 9.90 Å². The smallest absolute Gasteiger partial charge is 0.315 e. The second-order valence-electron chi connectivity index (χ2n) is 4.38. The van der Waals surface area contributed by atoms with Crippen LogP contribution in [0.5, 0.6) is 5.75 Å². The number of nitrogens with one attached hydrogen (secondary N) is 2. The van der Waals surface area contributed by atoms with Crippen LogP contribution in [0.15, 0.2) is 28.7 Å². The van der Waals surface area contributed by atoms with Gasteiger partial charge in [0.1, 0.15) is 12.4 Å². The first-order valence-electron chi connectivity index (χ1n) is 6.70. The zero-order chi connectivity index (χ0) is 14.8. The van der Waals surface area contributed by atoms with Gasteiger partial charge in [-0.2, -0.15) is 0 Å². The molecule has 0 fully saturated rings. The molecule has 0 bridgehead atoms. The Bertz CT molecular complexity index is 398. The van der Waals surface area contributed by atoms with Gasteiger partial charge in [0.25, 0.3) is 0 Å². The second kappa shape index (κ2) is 9.61. The number of halogens is 1. The van der Waals surface area contributed by atoms with E-state index in [1.807, 2.05) is 31.2 Å². The first kappa shape index (κ1) is 16.8. The van der Waals surface area contributed by atoms with Crippen molar-refractivity contribution < 1.29 is 14.6 Å². The minimum absolute atomic E-state index is 0.271. The molecule has 0 spiro atoms. The molecule has 1 atom stereocenters. The fourth-order valence-corrected chi connectivity index (χ4v) is 1.84. The number of aliphatic hydroxyl groups excluding tert-OH is 1. The van der Waals surface area contributed by atoms with E-state index in [2.05, 4.69) is 26.6 Å². The monoisotopic (exact) mass is 344 g/mol. The van der Waals surface area contributed by atoms with Gasteiger partial charge in [-0.3, -0.25) is 0 Å². The number of urea groups is 1. The Morgan fingerprint density at radius 1 is 1.35 bits per heavy atom. The summed E-state index contributed by atoms with van der Waals surface area (Å²) in [4.78, 5) is 11.4. The van der Waals surface area contributed by atoms with Crippen LogP contribution in [0, 0.1) is 0 Å². The number of amides is 2. The summed E-state index contributed by atoms with van der Waals surface area (Å²) in [5.41, 5.74) is 0. The molecule has 0 aliphatic heterocycles. The quantitative estimate of drug-likeness (QED) is 0.633. The number of carbonyl (C=O) groups excluding carboxylic acids is 1. The lowest BCUT2D eigenvalue weighted by Gasteiger charge is -2.12. The molecule has 0 aromatic heterocycles. The van der Waals surface area contributed by atoms with E-state index >= 15 is 0 Å². The van der Waals surface area contributed by atoms with Gasteiger partial charge in [0, 0.05) is 11.0 Å². The van der Waals surface area contributed by atoms with Crippen molar-refractivity contribution in [1.29, 1.82) is 0 Å². The number of carbonyl (C=O) groups is 1. The van der Waals surface area contributed by atoms with Crippen molar-refractivity contribution in [3.63, 3.8) is 0 Å². The van der Waals surface area contributed by atoms with E-state index < -0.39 is 6.10 Å². The summed E-state index contributed by atoms with van der Waals surface area (Å²) >= 11 is 3.34. The Hall–Kier alpha value is -1.27. The Morgan fingerprint density at radius 3 is 2.70 bits per heavy atom. The first-order valence-corrected chi connectivity index (χ1v) is 7.49. The van der Waals surface area contributed by atoms with Gasteiger partial charge in [0.2, 0.25) is 0 Å². The van der Waals surface area contributed by atoms with E-state index in [1.54, 1.807) is 0 Å². The molecule has 112 valence electrons. The van der Waals surface area contributed by atoms with E-state index in [0.29, 0.717) is 19.6 Å². The summed E-state index contributed by atoms with van der Waals surface area (Å²) in [6.45, 7) is 3.06. The van der Waals surface area contributed by atoms with E-state index in [0.717, 1.165) is 16.6 Å². The van der Waals surface area contributed by atoms with E-state index in [1.165, 1.54) is 0 Å². The lowest BCUT2D eigenvalue weighted by molar-refractivity contribution is 0.160. The molecule has 3 N–H and O–H groups in total. The molecule has 1 unspecified atom stereocenters. The van der Waals surface area contributed by atoms with Crippen molar-refractivity contribution in [3.05, 3.63) is 28.7 Å². The van der Waals surface area contributed by atoms with Crippen molar-refractivity contribution in [2.45, 2.75) is 25.9 Å². The Labute approximate surface area is 127 Å². The number of rotatable bonds is 8. The molecule has 0 heterocycles. The number of hydrogen-bond donors (Lipinski definition) is 3. The molecule has 0 aliphatic carbocycles. The van der Waals surface area contributed by atoms with Crippen LogP contribution in [0.4, 0.5) is 4.79 Å². The highest BCUT2D eigenvalue weighted by Crippen LogP contribution is 2.15. The lowest BCUT2D eigenvalue weighted by atomic mass is 10.2. The Morgan fingerprint density at radius 2 is 2.05 bits per heavy atom. The van der Waals surface area contributed by atoms with Crippen LogP contribution >= 0.6 is 15.9 Å². The number of aliphatic hydroxyl groups is 1. The summed E-state index contributed by atoms with van der Waals surface area (Å²) in [7, 11) is 0. The first-order chi connectivity index (χ1) is 9.61. The predicted octanol–water partition coefficient (Wildman–Crippen LogP) is 2.29. The summed E-state index contributed by atoms with van der Waals surface area (Å²) in [6, 6.07) is 7.20. The Balaban J connectivity index is 2.08. The minimum atomic E-state index is -0.482. The van der Waals surface area contributed by atoms with Gasteiger partial charge in [-0.05, 0) is 30.7 Å². The molecule has 0 radical (unpaired) electrons. The molecule has 0 aliphatic rings. The van der Waals surface area contributed by atoms with Crippen molar-refractivity contribution in [1.82, 2.24) is 10.6 Å². The third-order valence-corrected chi connectivity index (χ3v) is 3.12. The molecule has 5 nitrogen and oxygen atoms in total. The Kier molecular flexibility index (Phi) is 8.06. The van der Waals surface area contributed by atoms with Gasteiger partial charge in [0.05, 0.1) is 12.6 Å². The molecular formula is C14H21BrN2O3. The van der Waals surface area contributed by atoms with Gasteiger partial charge < -0.3 is 20.5 Å². The van der Waals surface area contributed by atoms with Gasteiger partial charge in [-0.25, -0.2) is 4.79 Å². The van der Waals surface area contributed by atoms with Crippen LogP contribution in [0.2, 0.25) is 0 Å². The molecule has 20 heavy (non-hydrogen) atoms. The maximum Gasteiger partial charge on any atom is 0.315 e. The molecular weight excluding hydrogens is 324 g/mol. The van der Waals surface area contributed by atoms with Crippen molar-refractivity contribution >= 4 is 22.0 Å².